The molecular formula is C21H23N3O3. The molecule has 1 fully saturated rings. The highest BCUT2D eigenvalue weighted by molar-refractivity contribution is 5.79. The predicted molar refractivity (Wildman–Crippen MR) is 104 cm³/mol. The van der Waals surface area contributed by atoms with E-state index in [9.17, 15) is 14.9 Å². The topological polar surface area (TPSA) is 66.7 Å². The van der Waals surface area contributed by atoms with Crippen LogP contribution in [0, 0.1) is 16.0 Å². The van der Waals surface area contributed by atoms with Gasteiger partial charge in [-0.2, -0.15) is 0 Å². The highest BCUT2D eigenvalue weighted by atomic mass is 16.6. The fourth-order valence-electron chi connectivity index (χ4n) is 4.20. The molecule has 0 bridgehead atoms. The number of rotatable bonds is 3. The van der Waals surface area contributed by atoms with E-state index in [0.29, 0.717) is 25.3 Å². The van der Waals surface area contributed by atoms with Gasteiger partial charge in [0, 0.05) is 38.2 Å². The van der Waals surface area contributed by atoms with Crippen LogP contribution >= 0.6 is 0 Å². The number of hydrogen-bond donors (Lipinski definition) is 0. The first-order valence-electron chi connectivity index (χ1n) is 9.47. The number of fused-ring (bicyclic) bond motifs is 1. The lowest BCUT2D eigenvalue weighted by Gasteiger charge is -2.36. The van der Waals surface area contributed by atoms with Crippen LogP contribution in [0.2, 0.25) is 0 Å². The summed E-state index contributed by atoms with van der Waals surface area (Å²) in [5.41, 5.74) is 3.37. The van der Waals surface area contributed by atoms with Gasteiger partial charge in [0.05, 0.1) is 4.92 Å². The number of nitrogens with zero attached hydrogens (tertiary/aromatic N) is 3. The summed E-state index contributed by atoms with van der Waals surface area (Å²) in [6, 6.07) is 15.2. The third-order valence-corrected chi connectivity index (χ3v) is 5.71. The molecule has 1 amide bonds. The zero-order valence-corrected chi connectivity index (χ0v) is 15.2. The van der Waals surface area contributed by atoms with E-state index in [2.05, 4.69) is 18.2 Å². The second-order valence-electron chi connectivity index (χ2n) is 7.29. The summed E-state index contributed by atoms with van der Waals surface area (Å²) in [6.07, 6.45) is 2.39. The van der Waals surface area contributed by atoms with Gasteiger partial charge in [0.1, 0.15) is 5.69 Å². The number of benzene rings is 2. The minimum atomic E-state index is -0.336. The van der Waals surface area contributed by atoms with E-state index in [1.54, 1.807) is 12.1 Å². The molecule has 140 valence electrons. The number of nitro benzene ring substituents is 1. The van der Waals surface area contributed by atoms with Gasteiger partial charge >= 0.3 is 0 Å². The summed E-state index contributed by atoms with van der Waals surface area (Å²) in [5, 5.41) is 11.3. The van der Waals surface area contributed by atoms with Gasteiger partial charge in [-0.15, -0.1) is 0 Å². The zero-order chi connectivity index (χ0) is 18.8. The van der Waals surface area contributed by atoms with Crippen LogP contribution in [0.3, 0.4) is 0 Å². The van der Waals surface area contributed by atoms with Gasteiger partial charge in [-0.1, -0.05) is 36.4 Å². The molecule has 0 aliphatic carbocycles. The van der Waals surface area contributed by atoms with Crippen molar-refractivity contribution in [3.63, 3.8) is 0 Å². The fraction of sp³-hybridized carbons (Fsp3) is 0.381. The minimum absolute atomic E-state index is 0.00859. The summed E-state index contributed by atoms with van der Waals surface area (Å²) in [7, 11) is 0. The SMILES string of the molecule is O=C(C1CCN(c2ccccc2[N+](=O)[O-])CC1)N1CCc2ccccc2C1. The van der Waals surface area contributed by atoms with Gasteiger partial charge < -0.3 is 9.80 Å². The van der Waals surface area contributed by atoms with Crippen LogP contribution in [0.5, 0.6) is 0 Å². The number of carbonyl (C=O) groups is 1. The van der Waals surface area contributed by atoms with Crippen molar-refractivity contribution in [2.24, 2.45) is 5.92 Å². The number of piperidine rings is 1. The molecule has 6 nitrogen and oxygen atoms in total. The summed E-state index contributed by atoms with van der Waals surface area (Å²) in [5.74, 6) is 0.237. The van der Waals surface area contributed by atoms with Crippen molar-refractivity contribution < 1.29 is 9.72 Å². The van der Waals surface area contributed by atoms with Crippen LogP contribution in [0.4, 0.5) is 11.4 Å². The highest BCUT2D eigenvalue weighted by Gasteiger charge is 2.31. The zero-order valence-electron chi connectivity index (χ0n) is 15.2. The van der Waals surface area contributed by atoms with E-state index in [1.807, 2.05) is 21.9 Å². The van der Waals surface area contributed by atoms with Crippen molar-refractivity contribution in [1.82, 2.24) is 4.90 Å². The Morgan fingerprint density at radius 1 is 0.963 bits per heavy atom. The second kappa shape index (κ2) is 7.39. The molecule has 6 heteroatoms. The number of amides is 1. The smallest absolute Gasteiger partial charge is 0.292 e. The van der Waals surface area contributed by atoms with E-state index in [4.69, 9.17) is 0 Å². The first-order chi connectivity index (χ1) is 13.1. The Balaban J connectivity index is 1.40. The summed E-state index contributed by atoms with van der Waals surface area (Å²) in [4.78, 5) is 27.9. The standard InChI is InChI=1S/C21H23N3O3/c25-21(23-14-9-16-5-1-2-6-18(16)15-23)17-10-12-22(13-11-17)19-7-3-4-8-20(19)24(26)27/h1-8,17H,9-15H2. The van der Waals surface area contributed by atoms with E-state index >= 15 is 0 Å². The van der Waals surface area contributed by atoms with Crippen molar-refractivity contribution in [3.05, 3.63) is 69.8 Å². The molecule has 2 aliphatic heterocycles. The molecule has 2 aromatic carbocycles. The van der Waals surface area contributed by atoms with Crippen molar-refractivity contribution in [1.29, 1.82) is 0 Å². The van der Waals surface area contributed by atoms with E-state index in [1.165, 1.54) is 17.2 Å². The van der Waals surface area contributed by atoms with Crippen LogP contribution in [0.25, 0.3) is 0 Å². The van der Waals surface area contributed by atoms with Crippen LogP contribution in [0.15, 0.2) is 48.5 Å². The molecule has 2 heterocycles. The normalized spacial score (nSPS) is 17.5. The summed E-state index contributed by atoms with van der Waals surface area (Å²) < 4.78 is 0. The van der Waals surface area contributed by atoms with Gasteiger partial charge in [-0.3, -0.25) is 14.9 Å². The van der Waals surface area contributed by atoms with Gasteiger partial charge in [-0.25, -0.2) is 0 Å². The Hall–Kier alpha value is -2.89. The molecule has 2 aliphatic rings. The average Bonchev–Trinajstić information content (AvgIpc) is 2.73. The fourth-order valence-corrected chi connectivity index (χ4v) is 4.20. The van der Waals surface area contributed by atoms with Crippen molar-refractivity contribution in [3.8, 4) is 0 Å². The van der Waals surface area contributed by atoms with E-state index in [0.717, 1.165) is 25.8 Å². The van der Waals surface area contributed by atoms with Gasteiger partial charge in [0.25, 0.3) is 5.69 Å². The van der Waals surface area contributed by atoms with Gasteiger partial charge in [-0.05, 0) is 36.5 Å². The second-order valence-corrected chi connectivity index (χ2v) is 7.29. The van der Waals surface area contributed by atoms with Crippen LogP contribution in [0.1, 0.15) is 24.0 Å². The minimum Gasteiger partial charge on any atom is -0.366 e. The molecule has 0 N–H and O–H groups in total. The Bertz CT molecular complexity index is 859. The van der Waals surface area contributed by atoms with E-state index in [-0.39, 0.29) is 22.4 Å². The lowest BCUT2D eigenvalue weighted by Crippen LogP contribution is -2.44. The Morgan fingerprint density at radius 3 is 2.37 bits per heavy atom. The number of para-hydroxylation sites is 2. The van der Waals surface area contributed by atoms with Crippen LogP contribution < -0.4 is 4.90 Å². The maximum absolute atomic E-state index is 13.0. The quantitative estimate of drug-likeness (QED) is 0.618. The van der Waals surface area contributed by atoms with Gasteiger partial charge in [0.2, 0.25) is 5.91 Å². The highest BCUT2D eigenvalue weighted by Crippen LogP contribution is 2.32. The number of nitro groups is 1. The maximum Gasteiger partial charge on any atom is 0.292 e. The molecule has 4 rings (SSSR count). The monoisotopic (exact) mass is 365 g/mol. The Morgan fingerprint density at radius 2 is 1.63 bits per heavy atom. The van der Waals surface area contributed by atoms with Crippen molar-refractivity contribution in [2.75, 3.05) is 24.5 Å². The molecule has 0 atom stereocenters. The van der Waals surface area contributed by atoms with Crippen LogP contribution in [-0.4, -0.2) is 35.4 Å². The molecule has 27 heavy (non-hydrogen) atoms. The molecule has 0 radical (unpaired) electrons. The third-order valence-electron chi connectivity index (χ3n) is 5.71. The first kappa shape index (κ1) is 17.5. The average molecular weight is 365 g/mol. The lowest BCUT2D eigenvalue weighted by atomic mass is 9.92. The van der Waals surface area contributed by atoms with Crippen molar-refractivity contribution >= 4 is 17.3 Å². The van der Waals surface area contributed by atoms with Crippen LogP contribution in [-0.2, 0) is 17.8 Å². The largest absolute Gasteiger partial charge is 0.366 e. The number of hydrogen-bond acceptors (Lipinski definition) is 4. The number of anilines is 1. The molecule has 0 unspecified atom stereocenters. The summed E-state index contributed by atoms with van der Waals surface area (Å²) in [6.45, 7) is 2.82. The molecule has 0 aromatic heterocycles. The molecule has 0 spiro atoms. The third kappa shape index (κ3) is 3.52. The molecule has 0 saturated carbocycles. The molecule has 2 aromatic rings. The lowest BCUT2D eigenvalue weighted by molar-refractivity contribution is -0.384. The Kier molecular flexibility index (Phi) is 4.79. The number of carbonyl (C=O) groups excluding carboxylic acids is 1. The molecule has 1 saturated heterocycles. The maximum atomic E-state index is 13.0. The van der Waals surface area contributed by atoms with Gasteiger partial charge in [0.15, 0.2) is 0 Å². The van der Waals surface area contributed by atoms with Crippen molar-refractivity contribution in [2.45, 2.75) is 25.8 Å². The summed E-state index contributed by atoms with van der Waals surface area (Å²) >= 11 is 0. The first-order valence-corrected chi connectivity index (χ1v) is 9.47. The molecular weight excluding hydrogens is 342 g/mol. The van der Waals surface area contributed by atoms with E-state index < -0.39 is 0 Å². The Labute approximate surface area is 158 Å². The predicted octanol–water partition coefficient (Wildman–Crippen LogP) is 3.40.